The van der Waals surface area contributed by atoms with Gasteiger partial charge in [-0.2, -0.15) is 4.98 Å². The molecule has 2 heterocycles. The number of hydrogen-bond donors (Lipinski definition) is 1. The number of ketones is 1. The summed E-state index contributed by atoms with van der Waals surface area (Å²) in [5.74, 6) is -2.20. The molecule has 0 bridgehead atoms. The topological polar surface area (TPSA) is 86.1 Å². The molecule has 10 heteroatoms. The minimum atomic E-state index is -0.736. The highest BCUT2D eigenvalue weighted by atomic mass is 32.2. The quantitative estimate of drug-likeness (QED) is 0.617. The lowest BCUT2D eigenvalue weighted by Crippen LogP contribution is -2.38. The highest BCUT2D eigenvalue weighted by molar-refractivity contribution is 7.99. The summed E-state index contributed by atoms with van der Waals surface area (Å²) in [6.45, 7) is 0. The number of carbonyl (C=O) groups is 2. The summed E-state index contributed by atoms with van der Waals surface area (Å²) in [6, 6.07) is 2.45. The van der Waals surface area contributed by atoms with E-state index in [-0.39, 0.29) is 11.5 Å². The van der Waals surface area contributed by atoms with Crippen molar-refractivity contribution < 1.29 is 23.1 Å². The van der Waals surface area contributed by atoms with E-state index in [0.29, 0.717) is 35.2 Å². The first-order valence-electron chi connectivity index (χ1n) is 8.58. The molecule has 1 aromatic heterocycles. The molecular weight excluding hydrogens is 390 g/mol. The number of nitrogens with one attached hydrogen (secondary N) is 1. The van der Waals surface area contributed by atoms with E-state index in [1.165, 1.54) is 23.9 Å². The van der Waals surface area contributed by atoms with Crippen LogP contribution < -0.4 is 5.32 Å². The molecule has 0 radical (unpaired) electrons. The number of anilines is 1. The molecule has 2 aromatic rings. The van der Waals surface area contributed by atoms with Gasteiger partial charge in [0, 0.05) is 18.2 Å². The zero-order chi connectivity index (χ0) is 19.8. The van der Waals surface area contributed by atoms with Crippen molar-refractivity contribution in [3.63, 3.8) is 0 Å². The highest BCUT2D eigenvalue weighted by Crippen LogP contribution is 2.42. The van der Waals surface area contributed by atoms with Crippen LogP contribution in [0.25, 0.3) is 0 Å². The Bertz CT molecular complexity index is 971. The van der Waals surface area contributed by atoms with Gasteiger partial charge >= 0.3 is 5.97 Å². The number of nitrogens with zero attached hydrogens (tertiary/aromatic N) is 3. The standard InChI is InChI=1S/C18H16F2N4O3S/c1-27-14(26)8-28-18-22-17-21-12-3-2-4-13(25)15(12)16(24(17)23-18)9-5-10(19)7-11(20)6-9/h3,5-7,15-16H,2,4,8H2,1H3,(H,21,22,23)/t15-,16-/m1/s1. The third-order valence-electron chi connectivity index (χ3n) is 4.66. The van der Waals surface area contributed by atoms with Gasteiger partial charge in [-0.25, -0.2) is 13.5 Å². The second-order valence-corrected chi connectivity index (χ2v) is 7.38. The van der Waals surface area contributed by atoms with E-state index in [4.69, 9.17) is 0 Å². The van der Waals surface area contributed by atoms with Gasteiger partial charge < -0.3 is 10.1 Å². The molecule has 0 unspecified atom stereocenters. The lowest BCUT2D eigenvalue weighted by molar-refractivity contribution is -0.137. The van der Waals surface area contributed by atoms with Crippen LogP contribution >= 0.6 is 11.8 Å². The number of aromatic nitrogens is 3. The molecule has 0 saturated carbocycles. The van der Waals surface area contributed by atoms with E-state index in [9.17, 15) is 18.4 Å². The number of ether oxygens (including phenoxy) is 1. The van der Waals surface area contributed by atoms with Gasteiger partial charge in [-0.3, -0.25) is 9.59 Å². The molecule has 0 fully saturated rings. The Balaban J connectivity index is 1.79. The average Bonchev–Trinajstić information content (AvgIpc) is 3.06. The number of esters is 1. The molecule has 28 heavy (non-hydrogen) atoms. The summed E-state index contributed by atoms with van der Waals surface area (Å²) in [5, 5.41) is 7.76. The van der Waals surface area contributed by atoms with Crippen LogP contribution in [0.3, 0.4) is 0 Å². The van der Waals surface area contributed by atoms with Crippen molar-refractivity contribution in [2.45, 2.75) is 24.0 Å². The number of halogens is 2. The van der Waals surface area contributed by atoms with Gasteiger partial charge in [0.05, 0.1) is 24.8 Å². The molecule has 0 saturated heterocycles. The van der Waals surface area contributed by atoms with E-state index in [1.807, 2.05) is 6.08 Å². The molecule has 0 amide bonds. The van der Waals surface area contributed by atoms with Crippen LogP contribution in [0.2, 0.25) is 0 Å². The Morgan fingerprint density at radius 1 is 1.36 bits per heavy atom. The van der Waals surface area contributed by atoms with Crippen LogP contribution in [-0.2, 0) is 14.3 Å². The Morgan fingerprint density at radius 2 is 2.11 bits per heavy atom. The maximum absolute atomic E-state index is 13.9. The Morgan fingerprint density at radius 3 is 2.82 bits per heavy atom. The zero-order valence-electron chi connectivity index (χ0n) is 14.8. The maximum Gasteiger partial charge on any atom is 0.316 e. The normalized spacial score (nSPS) is 20.7. The fraction of sp³-hybridized carbons (Fsp3) is 0.333. The number of hydrogen-bond acceptors (Lipinski definition) is 7. The van der Waals surface area contributed by atoms with Crippen molar-refractivity contribution in [1.82, 2.24) is 14.8 Å². The highest BCUT2D eigenvalue weighted by Gasteiger charge is 2.42. The van der Waals surface area contributed by atoms with E-state index < -0.39 is 29.6 Å². The molecule has 2 aliphatic rings. The number of thioether (sulfide) groups is 1. The molecule has 7 nitrogen and oxygen atoms in total. The number of carbonyl (C=O) groups excluding carboxylic acids is 2. The van der Waals surface area contributed by atoms with Crippen LogP contribution in [0, 0.1) is 17.6 Å². The molecule has 1 aromatic carbocycles. The molecule has 0 spiro atoms. The monoisotopic (exact) mass is 406 g/mol. The SMILES string of the molecule is COC(=O)CSc1nc2n(n1)[C@H](c1cc(F)cc(F)c1)[C@H]1C(=O)CCC=C1N2. The first kappa shape index (κ1) is 18.6. The zero-order valence-corrected chi connectivity index (χ0v) is 15.6. The number of rotatable bonds is 4. The number of methoxy groups -OCH3 is 1. The summed E-state index contributed by atoms with van der Waals surface area (Å²) < 4.78 is 33.8. The van der Waals surface area contributed by atoms with Crippen LogP contribution in [0.15, 0.2) is 35.1 Å². The first-order valence-corrected chi connectivity index (χ1v) is 9.57. The predicted octanol–water partition coefficient (Wildman–Crippen LogP) is 2.70. The molecule has 146 valence electrons. The number of allylic oxidation sites excluding steroid dienone is 2. The van der Waals surface area contributed by atoms with Crippen molar-refractivity contribution in [2.24, 2.45) is 5.92 Å². The van der Waals surface area contributed by atoms with Gasteiger partial charge in [-0.05, 0) is 24.1 Å². The van der Waals surface area contributed by atoms with Crippen LogP contribution in [0.4, 0.5) is 14.7 Å². The maximum atomic E-state index is 13.9. The smallest absolute Gasteiger partial charge is 0.316 e. The number of benzene rings is 1. The number of Topliss-reactive ketones (excluding diaryl/α,β-unsaturated/α-hetero) is 1. The fourth-order valence-corrected chi connectivity index (χ4v) is 4.14. The van der Waals surface area contributed by atoms with E-state index >= 15 is 0 Å². The van der Waals surface area contributed by atoms with E-state index in [2.05, 4.69) is 20.1 Å². The molecule has 1 aliphatic carbocycles. The van der Waals surface area contributed by atoms with Gasteiger partial charge in [-0.15, -0.1) is 5.10 Å². The van der Waals surface area contributed by atoms with Crippen molar-refractivity contribution in [3.8, 4) is 0 Å². The van der Waals surface area contributed by atoms with Crippen molar-refractivity contribution in [3.05, 3.63) is 47.2 Å². The minimum absolute atomic E-state index is 0.0181. The summed E-state index contributed by atoms with van der Waals surface area (Å²) >= 11 is 1.07. The Labute approximate surface area is 163 Å². The predicted molar refractivity (Wildman–Crippen MR) is 96.7 cm³/mol. The Hall–Kier alpha value is -2.75. The minimum Gasteiger partial charge on any atom is -0.468 e. The lowest BCUT2D eigenvalue weighted by Gasteiger charge is -2.36. The van der Waals surface area contributed by atoms with Gasteiger partial charge in [0.25, 0.3) is 0 Å². The van der Waals surface area contributed by atoms with Crippen molar-refractivity contribution in [1.29, 1.82) is 0 Å². The average molecular weight is 406 g/mol. The molecule has 1 N–H and O–H groups in total. The molecule has 1 aliphatic heterocycles. The van der Waals surface area contributed by atoms with Crippen LogP contribution in [0.5, 0.6) is 0 Å². The van der Waals surface area contributed by atoms with Crippen LogP contribution in [0.1, 0.15) is 24.4 Å². The van der Waals surface area contributed by atoms with E-state index in [1.54, 1.807) is 0 Å². The third kappa shape index (κ3) is 3.39. The largest absolute Gasteiger partial charge is 0.468 e. The molecule has 2 atom stereocenters. The molecular formula is C18H16F2N4O3S. The van der Waals surface area contributed by atoms with Gasteiger partial charge in [-0.1, -0.05) is 17.8 Å². The summed E-state index contributed by atoms with van der Waals surface area (Å²) in [6.07, 6.45) is 2.83. The van der Waals surface area contributed by atoms with E-state index in [0.717, 1.165) is 17.8 Å². The lowest BCUT2D eigenvalue weighted by atomic mass is 9.81. The van der Waals surface area contributed by atoms with Gasteiger partial charge in [0.2, 0.25) is 11.1 Å². The van der Waals surface area contributed by atoms with Crippen molar-refractivity contribution >= 4 is 29.5 Å². The first-order chi connectivity index (χ1) is 13.5. The fourth-order valence-electron chi connectivity index (χ4n) is 3.48. The van der Waals surface area contributed by atoms with Crippen molar-refractivity contribution in [2.75, 3.05) is 18.2 Å². The summed E-state index contributed by atoms with van der Waals surface area (Å²) in [5.41, 5.74) is 0.941. The van der Waals surface area contributed by atoms with Crippen LogP contribution in [-0.4, -0.2) is 39.4 Å². The summed E-state index contributed by atoms with van der Waals surface area (Å²) in [7, 11) is 1.29. The Kier molecular flexibility index (Phi) is 4.88. The number of fused-ring (bicyclic) bond motifs is 2. The second kappa shape index (κ2) is 7.34. The second-order valence-electron chi connectivity index (χ2n) is 6.44. The molecule has 4 rings (SSSR count). The van der Waals surface area contributed by atoms with Gasteiger partial charge in [0.1, 0.15) is 17.4 Å². The third-order valence-corrected chi connectivity index (χ3v) is 5.47. The summed E-state index contributed by atoms with van der Waals surface area (Å²) in [4.78, 5) is 28.4. The van der Waals surface area contributed by atoms with Gasteiger partial charge in [0.15, 0.2) is 0 Å².